The number of hydrogen-bond acceptors (Lipinski definition) is 4. The van der Waals surface area contributed by atoms with E-state index < -0.39 is 17.9 Å². The van der Waals surface area contributed by atoms with E-state index in [0.29, 0.717) is 24.2 Å². The Balaban J connectivity index is 1.50. The summed E-state index contributed by atoms with van der Waals surface area (Å²) in [6.07, 6.45) is 1.73. The van der Waals surface area contributed by atoms with Crippen molar-refractivity contribution in [2.45, 2.75) is 19.6 Å². The summed E-state index contributed by atoms with van der Waals surface area (Å²) in [6.45, 7) is 2.49. The van der Waals surface area contributed by atoms with Crippen molar-refractivity contribution >= 4 is 17.2 Å². The van der Waals surface area contributed by atoms with Crippen molar-refractivity contribution in [1.82, 2.24) is 14.7 Å². The van der Waals surface area contributed by atoms with Crippen LogP contribution in [0.3, 0.4) is 0 Å². The average Bonchev–Trinajstić information content (AvgIpc) is 3.52. The van der Waals surface area contributed by atoms with Crippen LogP contribution in [0.5, 0.6) is 0 Å². The zero-order valence-corrected chi connectivity index (χ0v) is 18.7. The van der Waals surface area contributed by atoms with Gasteiger partial charge in [0, 0.05) is 35.3 Å². The third-order valence-corrected chi connectivity index (χ3v) is 6.33. The number of carbonyl (C=O) groups is 1. The highest BCUT2D eigenvalue weighted by atomic mass is 32.1. The molecule has 0 saturated carbocycles. The molecule has 1 fully saturated rings. The molecule has 0 N–H and O–H groups in total. The third kappa shape index (κ3) is 4.44. The molecule has 2 aromatic heterocycles. The van der Waals surface area contributed by atoms with Gasteiger partial charge >= 0.3 is 0 Å². The molecule has 1 atom stereocenters. The molecule has 0 radical (unpaired) electrons. The number of benzene rings is 2. The van der Waals surface area contributed by atoms with Gasteiger partial charge < -0.3 is 9.64 Å². The fourth-order valence-electron chi connectivity index (χ4n) is 3.95. The lowest BCUT2D eigenvalue weighted by molar-refractivity contribution is -0.128. The van der Waals surface area contributed by atoms with E-state index in [2.05, 4.69) is 17.2 Å². The first-order valence-electron chi connectivity index (χ1n) is 10.5. The van der Waals surface area contributed by atoms with Crippen LogP contribution in [0.15, 0.2) is 65.5 Å². The fourth-order valence-corrected chi connectivity index (χ4v) is 4.59. The Hall–Kier alpha value is -3.36. The summed E-state index contributed by atoms with van der Waals surface area (Å²) < 4.78 is 35.0. The standard InChI is InChI=1S/C25H21F2N3O2S/c1-16-2-4-17(5-3-16)6-8-29-23(31)14-32-25(29)22-13-30(21-11-19(26)10-20(27)12-21)28-24(22)18-7-9-33-15-18/h2-5,7,9-13,15,25H,6,8,14H2,1H3. The minimum atomic E-state index is -0.689. The zero-order chi connectivity index (χ0) is 22.9. The highest BCUT2D eigenvalue weighted by molar-refractivity contribution is 7.08. The van der Waals surface area contributed by atoms with Crippen molar-refractivity contribution in [2.24, 2.45) is 0 Å². The normalized spacial score (nSPS) is 16.0. The van der Waals surface area contributed by atoms with Gasteiger partial charge in [0.2, 0.25) is 0 Å². The lowest BCUT2D eigenvalue weighted by Crippen LogP contribution is -2.30. The molecule has 0 aliphatic carbocycles. The van der Waals surface area contributed by atoms with Gasteiger partial charge in [0.25, 0.3) is 5.91 Å². The molecule has 0 bridgehead atoms. The summed E-state index contributed by atoms with van der Waals surface area (Å²) in [5.74, 6) is -1.48. The van der Waals surface area contributed by atoms with E-state index in [4.69, 9.17) is 4.74 Å². The van der Waals surface area contributed by atoms with Gasteiger partial charge in [-0.2, -0.15) is 16.4 Å². The van der Waals surface area contributed by atoms with Crippen molar-refractivity contribution in [3.05, 3.63) is 93.8 Å². The lowest BCUT2D eigenvalue weighted by Gasteiger charge is -2.23. The number of aryl methyl sites for hydroxylation is 1. The first-order valence-corrected chi connectivity index (χ1v) is 11.5. The van der Waals surface area contributed by atoms with E-state index in [-0.39, 0.29) is 18.2 Å². The SMILES string of the molecule is Cc1ccc(CCN2C(=O)COC2c2cn(-c3cc(F)cc(F)c3)nc2-c2ccsc2)cc1. The molecule has 1 aliphatic rings. The monoisotopic (exact) mass is 465 g/mol. The Morgan fingerprint density at radius 3 is 2.58 bits per heavy atom. The van der Waals surface area contributed by atoms with Crippen molar-refractivity contribution in [3.63, 3.8) is 0 Å². The molecule has 1 amide bonds. The molecule has 5 nitrogen and oxygen atoms in total. The maximum atomic E-state index is 13.8. The Labute approximate surface area is 193 Å². The summed E-state index contributed by atoms with van der Waals surface area (Å²) in [5.41, 5.74) is 4.70. The molecule has 5 rings (SSSR count). The molecule has 33 heavy (non-hydrogen) atoms. The van der Waals surface area contributed by atoms with Gasteiger partial charge in [-0.25, -0.2) is 13.5 Å². The van der Waals surface area contributed by atoms with Crippen LogP contribution in [-0.4, -0.2) is 33.7 Å². The number of rotatable bonds is 6. The summed E-state index contributed by atoms with van der Waals surface area (Å²) in [6, 6.07) is 13.4. The second kappa shape index (κ2) is 8.88. The number of amides is 1. The molecule has 0 spiro atoms. The van der Waals surface area contributed by atoms with Crippen LogP contribution in [0.2, 0.25) is 0 Å². The van der Waals surface area contributed by atoms with E-state index in [1.54, 1.807) is 11.1 Å². The topological polar surface area (TPSA) is 47.4 Å². The van der Waals surface area contributed by atoms with Crippen molar-refractivity contribution < 1.29 is 18.3 Å². The molecular weight excluding hydrogens is 444 g/mol. The molecule has 3 heterocycles. The van der Waals surface area contributed by atoms with E-state index in [0.717, 1.165) is 17.2 Å². The Morgan fingerprint density at radius 2 is 1.88 bits per heavy atom. The van der Waals surface area contributed by atoms with Crippen LogP contribution in [0, 0.1) is 18.6 Å². The smallest absolute Gasteiger partial charge is 0.250 e. The largest absolute Gasteiger partial charge is 0.344 e. The Kier molecular flexibility index (Phi) is 5.78. The zero-order valence-electron chi connectivity index (χ0n) is 17.9. The molecule has 1 unspecified atom stereocenters. The van der Waals surface area contributed by atoms with Gasteiger partial charge in [-0.1, -0.05) is 29.8 Å². The van der Waals surface area contributed by atoms with Crippen LogP contribution in [-0.2, 0) is 16.0 Å². The number of ether oxygens (including phenoxy) is 1. The predicted molar refractivity (Wildman–Crippen MR) is 122 cm³/mol. The maximum absolute atomic E-state index is 13.8. The second-order valence-corrected chi connectivity index (χ2v) is 8.78. The molecule has 4 aromatic rings. The highest BCUT2D eigenvalue weighted by Gasteiger charge is 2.36. The average molecular weight is 466 g/mol. The maximum Gasteiger partial charge on any atom is 0.250 e. The molecule has 2 aromatic carbocycles. The third-order valence-electron chi connectivity index (χ3n) is 5.65. The summed E-state index contributed by atoms with van der Waals surface area (Å²) in [5, 5.41) is 8.48. The molecular formula is C25H21F2N3O2S. The number of thiophene rings is 1. The van der Waals surface area contributed by atoms with Crippen molar-refractivity contribution in [1.29, 1.82) is 0 Å². The number of hydrogen-bond donors (Lipinski definition) is 0. The van der Waals surface area contributed by atoms with Gasteiger partial charge in [0.05, 0.1) is 5.69 Å². The molecule has 1 saturated heterocycles. The quantitative estimate of drug-likeness (QED) is 0.389. The minimum absolute atomic E-state index is 0.0264. The highest BCUT2D eigenvalue weighted by Crippen LogP contribution is 2.36. The van der Waals surface area contributed by atoms with Gasteiger partial charge in [-0.05, 0) is 42.5 Å². The first kappa shape index (κ1) is 21.5. The van der Waals surface area contributed by atoms with Crippen LogP contribution in [0.4, 0.5) is 8.78 Å². The van der Waals surface area contributed by atoms with E-state index in [1.807, 2.05) is 35.9 Å². The van der Waals surface area contributed by atoms with Crippen LogP contribution < -0.4 is 0 Å². The fraction of sp³-hybridized carbons (Fsp3) is 0.200. The molecule has 8 heteroatoms. The minimum Gasteiger partial charge on any atom is -0.344 e. The first-order chi connectivity index (χ1) is 16.0. The van der Waals surface area contributed by atoms with Gasteiger partial charge in [-0.15, -0.1) is 0 Å². The molecule has 1 aliphatic heterocycles. The van der Waals surface area contributed by atoms with Crippen LogP contribution >= 0.6 is 11.3 Å². The van der Waals surface area contributed by atoms with Crippen LogP contribution in [0.1, 0.15) is 22.9 Å². The number of carbonyl (C=O) groups excluding carboxylic acids is 1. The predicted octanol–water partition coefficient (Wildman–Crippen LogP) is 5.29. The van der Waals surface area contributed by atoms with Gasteiger partial charge in [0.1, 0.15) is 23.9 Å². The summed E-state index contributed by atoms with van der Waals surface area (Å²) in [7, 11) is 0. The molecule has 168 valence electrons. The van der Waals surface area contributed by atoms with Gasteiger partial charge in [0.15, 0.2) is 6.23 Å². The van der Waals surface area contributed by atoms with E-state index >= 15 is 0 Å². The number of aromatic nitrogens is 2. The van der Waals surface area contributed by atoms with E-state index in [1.165, 1.54) is 33.7 Å². The Morgan fingerprint density at radius 1 is 1.12 bits per heavy atom. The lowest BCUT2D eigenvalue weighted by atomic mass is 10.1. The van der Waals surface area contributed by atoms with Crippen molar-refractivity contribution in [2.75, 3.05) is 13.2 Å². The van der Waals surface area contributed by atoms with Crippen LogP contribution in [0.25, 0.3) is 16.9 Å². The number of halogens is 2. The second-order valence-electron chi connectivity index (χ2n) is 8.00. The summed E-state index contributed by atoms with van der Waals surface area (Å²) in [4.78, 5) is 14.4. The Bertz CT molecular complexity index is 1270. The van der Waals surface area contributed by atoms with E-state index in [9.17, 15) is 13.6 Å². The van der Waals surface area contributed by atoms with Gasteiger partial charge in [-0.3, -0.25) is 4.79 Å². The summed E-state index contributed by atoms with van der Waals surface area (Å²) >= 11 is 1.52. The van der Waals surface area contributed by atoms with Crippen molar-refractivity contribution in [3.8, 4) is 16.9 Å². The number of nitrogens with zero attached hydrogens (tertiary/aromatic N) is 3.